The molecule has 2 rings (SSSR count). The lowest BCUT2D eigenvalue weighted by atomic mass is 10.1. The summed E-state index contributed by atoms with van der Waals surface area (Å²) in [6.07, 6.45) is 0.445. The van der Waals surface area contributed by atoms with E-state index in [1.807, 2.05) is 17.9 Å². The van der Waals surface area contributed by atoms with Crippen LogP contribution in [0.4, 0.5) is 0 Å². The molecule has 2 N–H and O–H groups in total. The maximum absolute atomic E-state index is 11.8. The summed E-state index contributed by atoms with van der Waals surface area (Å²) in [5.74, 6) is 0.806. The number of aliphatic imine (C=N–C) groups is 1. The van der Waals surface area contributed by atoms with Gasteiger partial charge in [-0.25, -0.2) is 9.79 Å². The Morgan fingerprint density at radius 2 is 2.20 bits per heavy atom. The Morgan fingerprint density at radius 1 is 1.44 bits per heavy atom. The van der Waals surface area contributed by atoms with Crippen molar-refractivity contribution in [2.75, 3.05) is 33.9 Å². The Bertz CT molecular complexity index is 610. The maximum atomic E-state index is 11.8. The summed E-state index contributed by atoms with van der Waals surface area (Å²) < 4.78 is 9.98. The number of nitrogens with zero attached hydrogens (tertiary/aromatic N) is 2. The highest BCUT2D eigenvalue weighted by Gasteiger charge is 2.22. The number of carbonyl (C=O) groups is 1. The molecule has 25 heavy (non-hydrogen) atoms. The zero-order chi connectivity index (χ0) is 17.5. The Balaban J connectivity index is 0.00000312. The normalized spacial score (nSPS) is 17.0. The Labute approximate surface area is 165 Å². The van der Waals surface area contributed by atoms with Crippen LogP contribution in [0.25, 0.3) is 0 Å². The van der Waals surface area contributed by atoms with Crippen LogP contribution in [0.1, 0.15) is 29.3 Å². The number of carbonyl (C=O) groups excluding carboxylic acids is 1. The van der Waals surface area contributed by atoms with E-state index in [1.165, 1.54) is 14.2 Å². The molecular weight excluding hydrogens is 437 g/mol. The zero-order valence-electron chi connectivity index (χ0n) is 14.8. The first kappa shape index (κ1) is 21.5. The smallest absolute Gasteiger partial charge is 0.341 e. The van der Waals surface area contributed by atoms with Crippen molar-refractivity contribution >= 4 is 35.9 Å². The number of benzene rings is 1. The van der Waals surface area contributed by atoms with Crippen molar-refractivity contribution in [2.45, 2.75) is 26.0 Å². The monoisotopic (exact) mass is 463 g/mol. The molecule has 0 aromatic heterocycles. The lowest BCUT2D eigenvalue weighted by Crippen LogP contribution is -2.40. The van der Waals surface area contributed by atoms with Crippen LogP contribution in [0, 0.1) is 0 Å². The first-order chi connectivity index (χ1) is 11.6. The minimum absolute atomic E-state index is 0. The number of likely N-dealkylation sites (tertiary alicyclic amines) is 1. The third-order valence-corrected chi connectivity index (χ3v) is 3.88. The van der Waals surface area contributed by atoms with Crippen molar-refractivity contribution in [1.82, 2.24) is 10.2 Å². The van der Waals surface area contributed by atoms with Gasteiger partial charge in [-0.1, -0.05) is 6.07 Å². The van der Waals surface area contributed by atoms with E-state index in [0.29, 0.717) is 24.4 Å². The molecule has 1 aromatic rings. The van der Waals surface area contributed by atoms with Gasteiger partial charge in [0.1, 0.15) is 11.3 Å². The molecule has 0 aliphatic carbocycles. The van der Waals surface area contributed by atoms with Gasteiger partial charge in [0.05, 0.1) is 26.9 Å². The number of β-amino-alcohol motifs (C(OH)–C–C–N with tert-alkyl or cyclic N) is 1. The third kappa shape index (κ3) is 5.74. The molecule has 0 unspecified atom stereocenters. The van der Waals surface area contributed by atoms with E-state index in [-0.39, 0.29) is 30.1 Å². The summed E-state index contributed by atoms with van der Waals surface area (Å²) in [6.45, 7) is 4.54. The molecule has 1 atom stereocenters. The lowest BCUT2D eigenvalue weighted by molar-refractivity contribution is 0.0597. The first-order valence-corrected chi connectivity index (χ1v) is 8.05. The van der Waals surface area contributed by atoms with Gasteiger partial charge in [-0.2, -0.15) is 0 Å². The number of halogens is 1. The second-order valence-corrected chi connectivity index (χ2v) is 5.58. The topological polar surface area (TPSA) is 83.4 Å². The highest BCUT2D eigenvalue weighted by atomic mass is 127. The molecule has 0 amide bonds. The molecule has 0 spiro atoms. The Kier molecular flexibility index (Phi) is 8.98. The molecule has 1 saturated heterocycles. The molecule has 140 valence electrons. The number of nitrogens with one attached hydrogen (secondary N) is 1. The van der Waals surface area contributed by atoms with Crippen molar-refractivity contribution in [2.24, 2.45) is 4.99 Å². The second kappa shape index (κ2) is 10.4. The number of esters is 1. The van der Waals surface area contributed by atoms with Crippen LogP contribution in [0.2, 0.25) is 0 Å². The average Bonchev–Trinajstić information content (AvgIpc) is 3.03. The van der Waals surface area contributed by atoms with Crippen LogP contribution in [-0.2, 0) is 11.3 Å². The van der Waals surface area contributed by atoms with Gasteiger partial charge in [-0.3, -0.25) is 0 Å². The third-order valence-electron chi connectivity index (χ3n) is 3.88. The number of hydrogen-bond donors (Lipinski definition) is 2. The summed E-state index contributed by atoms with van der Waals surface area (Å²) >= 11 is 0. The first-order valence-electron chi connectivity index (χ1n) is 8.05. The van der Waals surface area contributed by atoms with Crippen molar-refractivity contribution in [3.8, 4) is 5.75 Å². The molecule has 1 fully saturated rings. The molecule has 1 aliphatic rings. The number of methoxy groups -OCH3 is 2. The van der Waals surface area contributed by atoms with Crippen LogP contribution in [0.3, 0.4) is 0 Å². The summed E-state index contributed by atoms with van der Waals surface area (Å²) in [6, 6.07) is 5.34. The minimum atomic E-state index is -0.438. The SMILES string of the molecule is CCNC(=NCc1ccc(OC)c(C(=O)OC)c1)N1CC[C@@H](O)C1.I. The van der Waals surface area contributed by atoms with Gasteiger partial charge in [0, 0.05) is 19.6 Å². The van der Waals surface area contributed by atoms with Crippen molar-refractivity contribution < 1.29 is 19.4 Å². The van der Waals surface area contributed by atoms with E-state index in [1.54, 1.807) is 12.1 Å². The number of aliphatic hydroxyl groups excluding tert-OH is 1. The van der Waals surface area contributed by atoms with E-state index >= 15 is 0 Å². The highest BCUT2D eigenvalue weighted by molar-refractivity contribution is 14.0. The zero-order valence-corrected chi connectivity index (χ0v) is 17.1. The van der Waals surface area contributed by atoms with Gasteiger partial charge in [-0.15, -0.1) is 24.0 Å². The van der Waals surface area contributed by atoms with E-state index < -0.39 is 5.97 Å². The summed E-state index contributed by atoms with van der Waals surface area (Å²) in [7, 11) is 2.86. The summed E-state index contributed by atoms with van der Waals surface area (Å²) in [5.41, 5.74) is 1.26. The van der Waals surface area contributed by atoms with E-state index in [4.69, 9.17) is 9.47 Å². The Hall–Kier alpha value is -1.55. The number of aliphatic hydroxyl groups is 1. The van der Waals surface area contributed by atoms with Gasteiger partial charge in [0.2, 0.25) is 0 Å². The molecular formula is C17H26IN3O4. The van der Waals surface area contributed by atoms with E-state index in [9.17, 15) is 9.90 Å². The van der Waals surface area contributed by atoms with Gasteiger partial charge in [-0.05, 0) is 31.0 Å². The van der Waals surface area contributed by atoms with Crippen molar-refractivity contribution in [3.63, 3.8) is 0 Å². The maximum Gasteiger partial charge on any atom is 0.341 e. The molecule has 1 heterocycles. The highest BCUT2D eigenvalue weighted by Crippen LogP contribution is 2.21. The number of ether oxygens (including phenoxy) is 2. The molecule has 1 aliphatic heterocycles. The quantitative estimate of drug-likeness (QED) is 0.299. The largest absolute Gasteiger partial charge is 0.496 e. The predicted molar refractivity (Wildman–Crippen MR) is 107 cm³/mol. The van der Waals surface area contributed by atoms with Gasteiger partial charge in [0.15, 0.2) is 5.96 Å². The lowest BCUT2D eigenvalue weighted by Gasteiger charge is -2.21. The second-order valence-electron chi connectivity index (χ2n) is 5.58. The molecule has 8 heteroatoms. The molecule has 0 saturated carbocycles. The van der Waals surface area contributed by atoms with Crippen LogP contribution < -0.4 is 10.1 Å². The van der Waals surface area contributed by atoms with Crippen molar-refractivity contribution in [3.05, 3.63) is 29.3 Å². The Morgan fingerprint density at radius 3 is 2.76 bits per heavy atom. The molecule has 1 aromatic carbocycles. The minimum Gasteiger partial charge on any atom is -0.496 e. The van der Waals surface area contributed by atoms with Gasteiger partial charge < -0.3 is 24.8 Å². The summed E-state index contributed by atoms with van der Waals surface area (Å²) in [5, 5.41) is 12.9. The number of hydrogen-bond acceptors (Lipinski definition) is 5. The molecule has 0 radical (unpaired) electrons. The van der Waals surface area contributed by atoms with Gasteiger partial charge in [0.25, 0.3) is 0 Å². The average molecular weight is 463 g/mol. The number of rotatable bonds is 5. The summed E-state index contributed by atoms with van der Waals surface area (Å²) in [4.78, 5) is 18.5. The molecule has 0 bridgehead atoms. The van der Waals surface area contributed by atoms with Crippen LogP contribution in [0.5, 0.6) is 5.75 Å². The van der Waals surface area contributed by atoms with Crippen LogP contribution >= 0.6 is 24.0 Å². The molecule has 7 nitrogen and oxygen atoms in total. The fourth-order valence-electron chi connectivity index (χ4n) is 2.65. The fraction of sp³-hybridized carbons (Fsp3) is 0.529. The fourth-order valence-corrected chi connectivity index (χ4v) is 2.65. The van der Waals surface area contributed by atoms with Gasteiger partial charge >= 0.3 is 5.97 Å². The van der Waals surface area contributed by atoms with Crippen molar-refractivity contribution in [1.29, 1.82) is 0 Å². The van der Waals surface area contributed by atoms with E-state index in [0.717, 1.165) is 31.0 Å². The van der Waals surface area contributed by atoms with Crippen LogP contribution in [-0.4, -0.2) is 61.9 Å². The van der Waals surface area contributed by atoms with Crippen LogP contribution in [0.15, 0.2) is 23.2 Å². The van der Waals surface area contributed by atoms with E-state index in [2.05, 4.69) is 10.3 Å². The standard InChI is InChI=1S/C17H25N3O4.HI/c1-4-18-17(20-8-7-13(21)11-20)19-10-12-5-6-15(23-2)14(9-12)16(22)24-3;/h5-6,9,13,21H,4,7-8,10-11H2,1-3H3,(H,18,19);1H/t13-;/m1./s1. The predicted octanol–water partition coefficient (Wildman–Crippen LogP) is 1.63. The number of guanidine groups is 1.